The summed E-state index contributed by atoms with van der Waals surface area (Å²) in [6.45, 7) is 4.71. The zero-order valence-electron chi connectivity index (χ0n) is 22.2. The standard InChI is InChI=1S/C32H38N2O3/c1-31-18-16-26-24(25(31)13-14-27(31)30(33)36)12-15-28-32(26,2)19-17-29(35)34(28,3)21-8-7-11-23(20-21)37-22-9-5-4-6-10-22/h4-11,17,19-20,24-28H,12-16,18H2,1-3H3,(H-,33,36)/p+1/t24-,25-,26-,27+,28+,31-,32+,34?/m0/s1. The minimum absolute atomic E-state index is 0.000793. The van der Waals surface area contributed by atoms with Crippen LogP contribution in [0, 0.1) is 34.5 Å². The van der Waals surface area contributed by atoms with Gasteiger partial charge in [0.1, 0.15) is 23.2 Å². The topological polar surface area (TPSA) is 69.4 Å². The van der Waals surface area contributed by atoms with Gasteiger partial charge in [0.05, 0.1) is 7.05 Å². The molecule has 1 heterocycles. The molecule has 0 bridgehead atoms. The Morgan fingerprint density at radius 3 is 2.46 bits per heavy atom. The van der Waals surface area contributed by atoms with E-state index >= 15 is 0 Å². The third-order valence-corrected chi connectivity index (χ3v) is 11.1. The SMILES string of the molecule is C[C@]12C=CC(=O)[N+](C)(c3cccc(Oc4ccccc4)c3)[C@@H]1CC[C@@H]1[C@@H]2CC[C@]2(C)[C@@H](C(N)=O)CC[C@@H]12. The molecule has 1 unspecified atom stereocenters. The first-order chi connectivity index (χ1) is 17.7. The first kappa shape index (κ1) is 24.4. The first-order valence-electron chi connectivity index (χ1n) is 13.9. The van der Waals surface area contributed by atoms with Crippen LogP contribution < -0.4 is 15.0 Å². The average Bonchev–Trinajstić information content (AvgIpc) is 3.25. The molecule has 0 aromatic heterocycles. The molecule has 3 saturated carbocycles. The molecular formula is C32H39N2O3+. The Hall–Kier alpha value is -2.92. The fourth-order valence-electron chi connectivity index (χ4n) is 9.21. The van der Waals surface area contributed by atoms with Crippen molar-refractivity contribution in [1.29, 1.82) is 0 Å². The predicted molar refractivity (Wildman–Crippen MR) is 146 cm³/mol. The number of quaternary nitrogens is 1. The Kier molecular flexibility index (Phi) is 5.65. The van der Waals surface area contributed by atoms with Crippen molar-refractivity contribution >= 4 is 17.5 Å². The Balaban J connectivity index is 1.34. The molecule has 5 heteroatoms. The van der Waals surface area contributed by atoms with Gasteiger partial charge in [-0.05, 0) is 79.5 Å². The van der Waals surface area contributed by atoms with Crippen molar-refractivity contribution < 1.29 is 14.3 Å². The van der Waals surface area contributed by atoms with Crippen LogP contribution in [-0.2, 0) is 9.59 Å². The summed E-state index contributed by atoms with van der Waals surface area (Å²) in [5, 5.41) is 0. The summed E-state index contributed by atoms with van der Waals surface area (Å²) in [6, 6.07) is 18.0. The van der Waals surface area contributed by atoms with Gasteiger partial charge in [-0.1, -0.05) is 44.2 Å². The van der Waals surface area contributed by atoms with Gasteiger partial charge < -0.3 is 10.5 Å². The van der Waals surface area contributed by atoms with Gasteiger partial charge in [0.2, 0.25) is 5.91 Å². The molecule has 1 aliphatic heterocycles. The highest BCUT2D eigenvalue weighted by atomic mass is 16.5. The lowest BCUT2D eigenvalue weighted by molar-refractivity contribution is -0.140. The van der Waals surface area contributed by atoms with Crippen LogP contribution >= 0.6 is 0 Å². The van der Waals surface area contributed by atoms with Crippen LogP contribution in [0.25, 0.3) is 0 Å². The molecule has 194 valence electrons. The summed E-state index contributed by atoms with van der Waals surface area (Å²) in [5.41, 5.74) is 6.78. The lowest BCUT2D eigenvalue weighted by Gasteiger charge is -2.61. The number of likely N-dealkylation sites (N-methyl/N-ethyl adjacent to an activating group) is 1. The molecule has 3 fully saturated rings. The molecule has 6 rings (SSSR count). The quantitative estimate of drug-likeness (QED) is 0.507. The molecule has 37 heavy (non-hydrogen) atoms. The fourth-order valence-corrected chi connectivity index (χ4v) is 9.21. The lowest BCUT2D eigenvalue weighted by atomic mass is 9.47. The second-order valence-electron chi connectivity index (χ2n) is 12.6. The number of nitrogens with two attached hydrogens (primary N) is 1. The molecule has 0 saturated heterocycles. The number of nitrogens with zero attached hydrogens (tertiary/aromatic N) is 1. The molecule has 2 amide bonds. The summed E-state index contributed by atoms with van der Waals surface area (Å²) in [6.07, 6.45) is 10.3. The number of hydrogen-bond donors (Lipinski definition) is 1. The van der Waals surface area contributed by atoms with Crippen LogP contribution in [0.5, 0.6) is 11.5 Å². The van der Waals surface area contributed by atoms with Crippen LogP contribution in [0.15, 0.2) is 66.7 Å². The van der Waals surface area contributed by atoms with E-state index in [2.05, 4.69) is 33.0 Å². The Morgan fingerprint density at radius 2 is 1.70 bits per heavy atom. The Bertz CT molecular complexity index is 1260. The van der Waals surface area contributed by atoms with Gasteiger partial charge in [0.15, 0.2) is 0 Å². The van der Waals surface area contributed by atoms with Gasteiger partial charge in [0, 0.05) is 29.9 Å². The molecule has 0 spiro atoms. The molecule has 2 aromatic carbocycles. The van der Waals surface area contributed by atoms with E-state index in [4.69, 9.17) is 10.5 Å². The number of ether oxygens (including phenoxy) is 1. The van der Waals surface area contributed by atoms with E-state index in [1.54, 1.807) is 0 Å². The predicted octanol–water partition coefficient (Wildman–Crippen LogP) is 6.23. The summed E-state index contributed by atoms with van der Waals surface area (Å²) in [5.74, 6) is 3.16. The van der Waals surface area contributed by atoms with Crippen LogP contribution in [0.3, 0.4) is 0 Å². The van der Waals surface area contributed by atoms with Gasteiger partial charge in [-0.15, -0.1) is 0 Å². The van der Waals surface area contributed by atoms with Crippen molar-refractivity contribution in [1.82, 2.24) is 4.48 Å². The molecule has 3 aliphatic carbocycles. The number of amides is 2. The summed E-state index contributed by atoms with van der Waals surface area (Å²) in [7, 11) is 2.10. The molecule has 2 aromatic rings. The zero-order valence-corrected chi connectivity index (χ0v) is 22.2. The number of fused-ring (bicyclic) bond motifs is 5. The number of carbonyl (C=O) groups is 2. The largest absolute Gasteiger partial charge is 0.457 e. The van der Waals surface area contributed by atoms with E-state index in [0.717, 1.165) is 55.7 Å². The monoisotopic (exact) mass is 499 g/mol. The first-order valence-corrected chi connectivity index (χ1v) is 13.9. The third kappa shape index (κ3) is 3.53. The van der Waals surface area contributed by atoms with Crippen LogP contribution in [0.1, 0.15) is 52.4 Å². The minimum Gasteiger partial charge on any atom is -0.457 e. The average molecular weight is 500 g/mol. The molecule has 0 radical (unpaired) electrons. The number of primary amides is 1. The van der Waals surface area contributed by atoms with E-state index in [1.807, 2.05) is 54.6 Å². The lowest BCUT2D eigenvalue weighted by Crippen LogP contribution is -2.69. The Labute approximate surface area is 220 Å². The van der Waals surface area contributed by atoms with Gasteiger partial charge >= 0.3 is 5.91 Å². The number of carbonyl (C=O) groups excluding carboxylic acids is 2. The minimum atomic E-state index is -0.117. The van der Waals surface area contributed by atoms with Gasteiger partial charge in [0.25, 0.3) is 0 Å². The van der Waals surface area contributed by atoms with E-state index in [9.17, 15) is 9.59 Å². The molecule has 8 atom stereocenters. The van der Waals surface area contributed by atoms with Crippen molar-refractivity contribution in [2.45, 2.75) is 58.4 Å². The summed E-state index contributed by atoms with van der Waals surface area (Å²) in [4.78, 5) is 26.0. The van der Waals surface area contributed by atoms with Gasteiger partial charge in [-0.3, -0.25) is 4.79 Å². The Morgan fingerprint density at radius 1 is 0.946 bits per heavy atom. The number of hydrogen-bond acceptors (Lipinski definition) is 3. The highest BCUT2D eigenvalue weighted by molar-refractivity contribution is 5.98. The molecule has 5 nitrogen and oxygen atoms in total. The normalized spacial score (nSPS) is 40.4. The van der Waals surface area contributed by atoms with Gasteiger partial charge in [-0.2, -0.15) is 0 Å². The van der Waals surface area contributed by atoms with Crippen molar-refractivity contribution in [3.63, 3.8) is 0 Å². The fraction of sp³-hybridized carbons (Fsp3) is 0.500. The summed E-state index contributed by atoms with van der Waals surface area (Å²) >= 11 is 0. The van der Waals surface area contributed by atoms with Crippen molar-refractivity contribution in [2.24, 2.45) is 40.2 Å². The van der Waals surface area contributed by atoms with E-state index in [0.29, 0.717) is 17.8 Å². The van der Waals surface area contributed by atoms with Gasteiger partial charge in [-0.25, -0.2) is 9.28 Å². The maximum atomic E-state index is 13.7. The molecule has 2 N–H and O–H groups in total. The van der Waals surface area contributed by atoms with E-state index < -0.39 is 0 Å². The van der Waals surface area contributed by atoms with Crippen LogP contribution in [0.4, 0.5) is 5.69 Å². The smallest absolute Gasteiger partial charge is 0.343 e. The maximum absolute atomic E-state index is 13.7. The number of benzene rings is 2. The second kappa shape index (κ2) is 8.56. The van der Waals surface area contributed by atoms with Crippen molar-refractivity contribution in [3.8, 4) is 11.5 Å². The van der Waals surface area contributed by atoms with Crippen LogP contribution in [0.2, 0.25) is 0 Å². The molecule has 4 aliphatic rings. The third-order valence-electron chi connectivity index (χ3n) is 11.1. The zero-order chi connectivity index (χ0) is 26.0. The van der Waals surface area contributed by atoms with E-state index in [1.165, 1.54) is 0 Å². The van der Waals surface area contributed by atoms with Crippen molar-refractivity contribution in [3.05, 3.63) is 66.7 Å². The highest BCUT2D eigenvalue weighted by Gasteiger charge is 2.65. The number of rotatable bonds is 4. The van der Waals surface area contributed by atoms with E-state index in [-0.39, 0.29) is 39.1 Å². The summed E-state index contributed by atoms with van der Waals surface area (Å²) < 4.78 is 6.42. The van der Waals surface area contributed by atoms with Crippen molar-refractivity contribution in [2.75, 3.05) is 7.05 Å². The maximum Gasteiger partial charge on any atom is 0.343 e. The number of para-hydroxylation sites is 1. The second-order valence-corrected chi connectivity index (χ2v) is 12.6. The van der Waals surface area contributed by atoms with Crippen LogP contribution in [-0.4, -0.2) is 24.9 Å². The molecular weight excluding hydrogens is 460 g/mol. The highest BCUT2D eigenvalue weighted by Crippen LogP contribution is 2.66.